The Bertz CT molecular complexity index is 163. The lowest BCUT2D eigenvalue weighted by Gasteiger charge is -2.45. The van der Waals surface area contributed by atoms with Gasteiger partial charge in [-0.3, -0.25) is 0 Å². The Labute approximate surface area is 105 Å². The van der Waals surface area contributed by atoms with E-state index in [0.29, 0.717) is 0 Å². The molecule has 2 saturated heterocycles. The molecule has 2 nitrogen and oxygen atoms in total. The van der Waals surface area contributed by atoms with E-state index in [4.69, 9.17) is 4.74 Å². The topological polar surface area (TPSA) is 9.23 Å². The van der Waals surface area contributed by atoms with E-state index in [9.17, 15) is 0 Å². The number of rotatable bonds is 1. The SMILES string of the molecule is C[N+]1(C2CCCOC2)CCCCC1.[I-]. The van der Waals surface area contributed by atoms with Crippen molar-refractivity contribution in [2.24, 2.45) is 0 Å². The highest BCUT2D eigenvalue weighted by molar-refractivity contribution is 4.66. The van der Waals surface area contributed by atoms with Gasteiger partial charge in [-0.1, -0.05) is 0 Å². The molecule has 2 rings (SSSR count). The number of hydrogen-bond donors (Lipinski definition) is 0. The standard InChI is InChI=1S/C11H22NO.HI/c1-12(7-3-2-4-8-12)11-6-5-9-13-10-11;/h11H,2-10H2,1H3;1H/q+1;/p-1. The highest BCUT2D eigenvalue weighted by Gasteiger charge is 2.35. The van der Waals surface area contributed by atoms with Crippen molar-refractivity contribution in [2.45, 2.75) is 38.1 Å². The fraction of sp³-hybridized carbons (Fsp3) is 1.00. The lowest BCUT2D eigenvalue weighted by molar-refractivity contribution is -0.939. The molecule has 2 aliphatic heterocycles. The molecule has 0 aromatic heterocycles. The zero-order valence-corrected chi connectivity index (χ0v) is 11.3. The van der Waals surface area contributed by atoms with Gasteiger partial charge in [-0.05, 0) is 25.7 Å². The Kier molecular flexibility index (Phi) is 5.14. The maximum atomic E-state index is 5.58. The van der Waals surface area contributed by atoms with Crippen LogP contribution in [0, 0.1) is 0 Å². The molecule has 2 fully saturated rings. The number of hydrogen-bond acceptors (Lipinski definition) is 1. The summed E-state index contributed by atoms with van der Waals surface area (Å²) >= 11 is 0. The first-order valence-electron chi connectivity index (χ1n) is 5.73. The molecule has 0 aromatic rings. The van der Waals surface area contributed by atoms with Crippen LogP contribution >= 0.6 is 0 Å². The van der Waals surface area contributed by atoms with Crippen LogP contribution in [0.5, 0.6) is 0 Å². The minimum Gasteiger partial charge on any atom is -1.00 e. The Balaban J connectivity index is 0.000000980. The number of quaternary nitrogens is 1. The predicted octanol–water partition coefficient (Wildman–Crippen LogP) is -1.20. The lowest BCUT2D eigenvalue weighted by Crippen LogP contribution is -3.00. The molecule has 1 atom stereocenters. The smallest absolute Gasteiger partial charge is 0.113 e. The van der Waals surface area contributed by atoms with Crippen molar-refractivity contribution in [1.29, 1.82) is 0 Å². The molecule has 2 aliphatic rings. The van der Waals surface area contributed by atoms with Crippen LogP contribution < -0.4 is 24.0 Å². The van der Waals surface area contributed by atoms with E-state index in [1.165, 1.54) is 49.7 Å². The van der Waals surface area contributed by atoms with Gasteiger partial charge in [-0.15, -0.1) is 0 Å². The summed E-state index contributed by atoms with van der Waals surface area (Å²) in [5, 5.41) is 0. The van der Waals surface area contributed by atoms with Gasteiger partial charge in [0.25, 0.3) is 0 Å². The van der Waals surface area contributed by atoms with Crippen LogP contribution in [-0.2, 0) is 4.74 Å². The van der Waals surface area contributed by atoms with Crippen molar-refractivity contribution in [3.05, 3.63) is 0 Å². The summed E-state index contributed by atoms with van der Waals surface area (Å²) in [5.41, 5.74) is 0. The molecule has 0 saturated carbocycles. The molecule has 0 amide bonds. The molecule has 1 unspecified atom stereocenters. The third-order valence-electron chi connectivity index (χ3n) is 3.86. The number of piperidine rings is 1. The Hall–Kier alpha value is 0.650. The third-order valence-corrected chi connectivity index (χ3v) is 3.86. The van der Waals surface area contributed by atoms with E-state index in [2.05, 4.69) is 7.05 Å². The molecule has 0 aromatic carbocycles. The molecule has 0 spiro atoms. The van der Waals surface area contributed by atoms with Crippen LogP contribution in [0.3, 0.4) is 0 Å². The van der Waals surface area contributed by atoms with Crippen LogP contribution in [0.15, 0.2) is 0 Å². The van der Waals surface area contributed by atoms with Gasteiger partial charge in [0.05, 0.1) is 26.7 Å². The molecule has 0 aliphatic carbocycles. The molecular formula is C11H22INO. The van der Waals surface area contributed by atoms with Crippen LogP contribution in [0.4, 0.5) is 0 Å². The van der Waals surface area contributed by atoms with Gasteiger partial charge in [-0.25, -0.2) is 0 Å². The number of likely N-dealkylation sites (tertiary alicyclic amines) is 1. The van der Waals surface area contributed by atoms with Crippen molar-refractivity contribution in [2.75, 3.05) is 33.4 Å². The minimum atomic E-state index is 0. The van der Waals surface area contributed by atoms with E-state index in [0.717, 1.165) is 19.3 Å². The second-order valence-electron chi connectivity index (χ2n) is 4.86. The van der Waals surface area contributed by atoms with E-state index >= 15 is 0 Å². The first-order chi connectivity index (χ1) is 6.31. The molecule has 0 radical (unpaired) electrons. The van der Waals surface area contributed by atoms with E-state index in [1.807, 2.05) is 0 Å². The fourth-order valence-electron chi connectivity index (χ4n) is 2.82. The van der Waals surface area contributed by atoms with Crippen molar-refractivity contribution in [3.8, 4) is 0 Å². The summed E-state index contributed by atoms with van der Waals surface area (Å²) in [6.07, 6.45) is 6.95. The van der Waals surface area contributed by atoms with E-state index in [-0.39, 0.29) is 24.0 Å². The lowest BCUT2D eigenvalue weighted by atomic mass is 10.0. The Morgan fingerprint density at radius 2 is 1.79 bits per heavy atom. The second kappa shape index (κ2) is 5.66. The zero-order valence-electron chi connectivity index (χ0n) is 9.17. The summed E-state index contributed by atoms with van der Waals surface area (Å²) in [6, 6.07) is 0.800. The quantitative estimate of drug-likeness (QED) is 0.437. The summed E-state index contributed by atoms with van der Waals surface area (Å²) in [5.74, 6) is 0. The van der Waals surface area contributed by atoms with Gasteiger partial charge < -0.3 is 33.2 Å². The normalized spacial score (nSPS) is 31.9. The molecular weight excluding hydrogens is 289 g/mol. The minimum absolute atomic E-state index is 0. The monoisotopic (exact) mass is 311 g/mol. The molecule has 0 N–H and O–H groups in total. The summed E-state index contributed by atoms with van der Waals surface area (Å²) in [7, 11) is 2.43. The Morgan fingerprint density at radius 3 is 2.36 bits per heavy atom. The molecule has 0 bridgehead atoms. The van der Waals surface area contributed by atoms with Gasteiger partial charge >= 0.3 is 0 Å². The molecule has 14 heavy (non-hydrogen) atoms. The number of halogens is 1. The van der Waals surface area contributed by atoms with Crippen LogP contribution in [0.1, 0.15) is 32.1 Å². The second-order valence-corrected chi connectivity index (χ2v) is 4.86. The zero-order chi connectivity index (χ0) is 9.15. The van der Waals surface area contributed by atoms with Crippen molar-refractivity contribution >= 4 is 0 Å². The van der Waals surface area contributed by atoms with E-state index in [1.54, 1.807) is 0 Å². The van der Waals surface area contributed by atoms with Gasteiger partial charge in [0.15, 0.2) is 0 Å². The molecule has 84 valence electrons. The maximum Gasteiger partial charge on any atom is 0.113 e. The summed E-state index contributed by atoms with van der Waals surface area (Å²) in [4.78, 5) is 0. The number of ether oxygens (including phenoxy) is 1. The fourth-order valence-corrected chi connectivity index (χ4v) is 2.82. The predicted molar refractivity (Wildman–Crippen MR) is 53.6 cm³/mol. The molecule has 2 heterocycles. The van der Waals surface area contributed by atoms with Crippen molar-refractivity contribution in [1.82, 2.24) is 0 Å². The highest BCUT2D eigenvalue weighted by atomic mass is 127. The first kappa shape index (κ1) is 12.7. The van der Waals surface area contributed by atoms with E-state index < -0.39 is 0 Å². The number of nitrogens with zero attached hydrogens (tertiary/aromatic N) is 1. The van der Waals surface area contributed by atoms with Gasteiger partial charge in [0.1, 0.15) is 6.04 Å². The van der Waals surface area contributed by atoms with Crippen LogP contribution in [-0.4, -0.2) is 43.9 Å². The van der Waals surface area contributed by atoms with Crippen molar-refractivity contribution < 1.29 is 33.2 Å². The Morgan fingerprint density at radius 1 is 1.07 bits per heavy atom. The highest BCUT2D eigenvalue weighted by Crippen LogP contribution is 2.25. The molecule has 3 heteroatoms. The maximum absolute atomic E-state index is 5.58. The largest absolute Gasteiger partial charge is 1.00 e. The first-order valence-corrected chi connectivity index (χ1v) is 5.73. The van der Waals surface area contributed by atoms with Crippen LogP contribution in [0.2, 0.25) is 0 Å². The average molecular weight is 311 g/mol. The van der Waals surface area contributed by atoms with Gasteiger partial charge in [0.2, 0.25) is 0 Å². The van der Waals surface area contributed by atoms with Gasteiger partial charge in [-0.2, -0.15) is 0 Å². The van der Waals surface area contributed by atoms with Crippen molar-refractivity contribution in [3.63, 3.8) is 0 Å². The summed E-state index contributed by atoms with van der Waals surface area (Å²) < 4.78 is 6.88. The van der Waals surface area contributed by atoms with Gasteiger partial charge in [0, 0.05) is 13.0 Å². The number of likely N-dealkylation sites (N-methyl/N-ethyl adjacent to an activating group) is 1. The third kappa shape index (κ3) is 2.83. The average Bonchev–Trinajstić information content (AvgIpc) is 2.20. The van der Waals surface area contributed by atoms with Crippen LogP contribution in [0.25, 0.3) is 0 Å². The summed E-state index contributed by atoms with van der Waals surface area (Å²) in [6.45, 7) is 4.77.